The lowest BCUT2D eigenvalue weighted by molar-refractivity contribution is 0.509. The summed E-state index contributed by atoms with van der Waals surface area (Å²) in [5, 5.41) is 0. The number of nitrogen functional groups attached to an aromatic ring is 2. The van der Waals surface area contributed by atoms with E-state index in [0.29, 0.717) is 17.1 Å². The predicted molar refractivity (Wildman–Crippen MR) is 77.6 cm³/mol. The van der Waals surface area contributed by atoms with E-state index in [1.165, 1.54) is 10.7 Å². The second-order valence-corrected chi connectivity index (χ2v) is 4.53. The molecule has 0 saturated carbocycles. The fourth-order valence-electron chi connectivity index (χ4n) is 2.09. The summed E-state index contributed by atoms with van der Waals surface area (Å²) in [6, 6.07) is 12.7. The first-order valence-electron chi connectivity index (χ1n) is 6.22. The Morgan fingerprint density at radius 1 is 0.905 bits per heavy atom. The van der Waals surface area contributed by atoms with Crippen molar-refractivity contribution in [2.45, 2.75) is 0 Å². The van der Waals surface area contributed by atoms with Gasteiger partial charge in [0.25, 0.3) is 0 Å². The Hall–Kier alpha value is -2.89. The fourth-order valence-corrected chi connectivity index (χ4v) is 2.09. The van der Waals surface area contributed by atoms with E-state index in [0.717, 1.165) is 17.7 Å². The number of hydrogen-bond donors (Lipinski definition) is 2. The van der Waals surface area contributed by atoms with Crippen molar-refractivity contribution in [1.29, 1.82) is 0 Å². The molecule has 3 aromatic rings. The van der Waals surface area contributed by atoms with Crippen molar-refractivity contribution in [1.82, 2.24) is 9.66 Å². The van der Waals surface area contributed by atoms with Gasteiger partial charge in [-0.05, 0) is 18.2 Å². The summed E-state index contributed by atoms with van der Waals surface area (Å²) in [6.45, 7) is 0. The summed E-state index contributed by atoms with van der Waals surface area (Å²) in [7, 11) is 0. The maximum Gasteiger partial charge on any atom is 0.160 e. The van der Waals surface area contributed by atoms with Gasteiger partial charge in [-0.15, -0.1) is 0 Å². The molecular formula is C15H12F2N4. The van der Waals surface area contributed by atoms with Crippen molar-refractivity contribution in [3.8, 4) is 22.6 Å². The molecule has 0 aliphatic carbocycles. The molecule has 0 fully saturated rings. The molecule has 1 aromatic heterocycles. The number of halogens is 2. The molecule has 3 rings (SSSR count). The molecule has 0 spiro atoms. The van der Waals surface area contributed by atoms with E-state index in [4.69, 9.17) is 11.6 Å². The molecule has 0 aliphatic rings. The molecular weight excluding hydrogens is 274 g/mol. The minimum atomic E-state index is -0.959. The number of aromatic nitrogens is 2. The van der Waals surface area contributed by atoms with Gasteiger partial charge in [0.2, 0.25) is 0 Å². The first kappa shape index (κ1) is 13.1. The van der Waals surface area contributed by atoms with Crippen LogP contribution in [0.15, 0.2) is 48.5 Å². The highest BCUT2D eigenvalue weighted by Crippen LogP contribution is 2.30. The van der Waals surface area contributed by atoms with Gasteiger partial charge in [0.1, 0.15) is 5.69 Å². The molecule has 21 heavy (non-hydrogen) atoms. The van der Waals surface area contributed by atoms with Gasteiger partial charge in [-0.3, -0.25) is 0 Å². The highest BCUT2D eigenvalue weighted by atomic mass is 19.2. The topological polar surface area (TPSA) is 69.9 Å². The number of imidazole rings is 1. The third-order valence-electron chi connectivity index (χ3n) is 3.17. The van der Waals surface area contributed by atoms with E-state index in [-0.39, 0.29) is 5.82 Å². The molecule has 106 valence electrons. The predicted octanol–water partition coefficient (Wildman–Crippen LogP) is 2.79. The van der Waals surface area contributed by atoms with Crippen LogP contribution >= 0.6 is 0 Å². The van der Waals surface area contributed by atoms with Gasteiger partial charge in [-0.1, -0.05) is 30.3 Å². The molecule has 0 saturated heterocycles. The maximum atomic E-state index is 13.3. The third kappa shape index (κ3) is 2.20. The van der Waals surface area contributed by atoms with Crippen LogP contribution in [0.3, 0.4) is 0 Å². The lowest BCUT2D eigenvalue weighted by atomic mass is 10.1. The Bertz CT molecular complexity index is 797. The maximum absolute atomic E-state index is 13.3. The van der Waals surface area contributed by atoms with Crippen LogP contribution in [0.1, 0.15) is 0 Å². The van der Waals surface area contributed by atoms with Crippen molar-refractivity contribution in [3.63, 3.8) is 0 Å². The molecule has 0 radical (unpaired) electrons. The molecule has 0 atom stereocenters. The minimum absolute atomic E-state index is 0.180. The Labute approximate surface area is 119 Å². The van der Waals surface area contributed by atoms with Gasteiger partial charge in [-0.25, -0.2) is 18.4 Å². The second kappa shape index (κ2) is 4.90. The van der Waals surface area contributed by atoms with Gasteiger partial charge in [0.05, 0.1) is 0 Å². The number of nitrogens with two attached hydrogens (primary N) is 2. The van der Waals surface area contributed by atoms with Crippen LogP contribution in [-0.4, -0.2) is 9.66 Å². The van der Waals surface area contributed by atoms with E-state index in [9.17, 15) is 8.78 Å². The molecule has 1 heterocycles. The number of nitrogens with zero attached hydrogens (tertiary/aromatic N) is 2. The molecule has 4 N–H and O–H groups in total. The molecule has 0 amide bonds. The molecule has 0 unspecified atom stereocenters. The van der Waals surface area contributed by atoms with Crippen LogP contribution in [0, 0.1) is 11.6 Å². The third-order valence-corrected chi connectivity index (χ3v) is 3.17. The molecule has 6 heteroatoms. The Morgan fingerprint density at radius 2 is 1.62 bits per heavy atom. The summed E-state index contributed by atoms with van der Waals surface area (Å²) in [5.74, 6) is 4.65. The highest BCUT2D eigenvalue weighted by Gasteiger charge is 2.17. The van der Waals surface area contributed by atoms with Crippen LogP contribution in [-0.2, 0) is 0 Å². The summed E-state index contributed by atoms with van der Waals surface area (Å²) in [5.41, 5.74) is 7.38. The number of hydrogen-bond acceptors (Lipinski definition) is 3. The molecule has 2 aromatic carbocycles. The largest absolute Gasteiger partial charge is 0.382 e. The first-order valence-corrected chi connectivity index (χ1v) is 6.22. The van der Waals surface area contributed by atoms with Gasteiger partial charge in [-0.2, -0.15) is 0 Å². The minimum Gasteiger partial charge on any atom is -0.382 e. The zero-order valence-electron chi connectivity index (χ0n) is 10.9. The van der Waals surface area contributed by atoms with Crippen LogP contribution in [0.2, 0.25) is 0 Å². The van der Waals surface area contributed by atoms with E-state index in [1.807, 2.05) is 30.3 Å². The van der Waals surface area contributed by atoms with E-state index < -0.39 is 11.6 Å². The molecule has 4 nitrogen and oxygen atoms in total. The number of anilines is 1. The SMILES string of the molecule is Nc1c(-c2ccc(F)c(F)c2)nc(-c2ccccc2)n1N. The summed E-state index contributed by atoms with van der Waals surface area (Å²) >= 11 is 0. The lowest BCUT2D eigenvalue weighted by Crippen LogP contribution is -2.13. The summed E-state index contributed by atoms with van der Waals surface area (Å²) in [4.78, 5) is 4.34. The van der Waals surface area contributed by atoms with Crippen LogP contribution < -0.4 is 11.6 Å². The van der Waals surface area contributed by atoms with Crippen molar-refractivity contribution >= 4 is 5.82 Å². The fraction of sp³-hybridized carbons (Fsp3) is 0. The zero-order chi connectivity index (χ0) is 15.0. The van der Waals surface area contributed by atoms with Gasteiger partial charge in [0.15, 0.2) is 23.3 Å². The average Bonchev–Trinajstić information content (AvgIpc) is 2.79. The normalized spacial score (nSPS) is 10.8. The van der Waals surface area contributed by atoms with Crippen molar-refractivity contribution in [2.75, 3.05) is 11.6 Å². The monoisotopic (exact) mass is 286 g/mol. The number of rotatable bonds is 2. The Morgan fingerprint density at radius 3 is 2.29 bits per heavy atom. The smallest absolute Gasteiger partial charge is 0.160 e. The van der Waals surface area contributed by atoms with Crippen molar-refractivity contribution in [3.05, 3.63) is 60.2 Å². The summed E-state index contributed by atoms with van der Waals surface area (Å²) < 4.78 is 27.6. The van der Waals surface area contributed by atoms with E-state index in [1.54, 1.807) is 0 Å². The van der Waals surface area contributed by atoms with Gasteiger partial charge < -0.3 is 11.6 Å². The first-order chi connectivity index (χ1) is 10.1. The Balaban J connectivity index is 2.15. The molecule has 0 aliphatic heterocycles. The second-order valence-electron chi connectivity index (χ2n) is 4.53. The zero-order valence-corrected chi connectivity index (χ0v) is 10.9. The Kier molecular flexibility index (Phi) is 3.06. The summed E-state index contributed by atoms with van der Waals surface area (Å²) in [6.07, 6.45) is 0. The average molecular weight is 286 g/mol. The van der Waals surface area contributed by atoms with Crippen LogP contribution in [0.5, 0.6) is 0 Å². The van der Waals surface area contributed by atoms with E-state index >= 15 is 0 Å². The van der Waals surface area contributed by atoms with Crippen LogP contribution in [0.4, 0.5) is 14.6 Å². The van der Waals surface area contributed by atoms with Crippen molar-refractivity contribution < 1.29 is 8.78 Å². The standard InChI is InChI=1S/C15H12F2N4/c16-11-7-6-10(8-12(11)17)13-14(18)21(19)15(20-13)9-4-2-1-3-5-9/h1-8H,18-19H2. The van der Waals surface area contributed by atoms with Gasteiger partial charge >= 0.3 is 0 Å². The quantitative estimate of drug-likeness (QED) is 0.712. The van der Waals surface area contributed by atoms with Crippen molar-refractivity contribution in [2.24, 2.45) is 0 Å². The number of benzene rings is 2. The van der Waals surface area contributed by atoms with Crippen LogP contribution in [0.25, 0.3) is 22.6 Å². The van der Waals surface area contributed by atoms with E-state index in [2.05, 4.69) is 4.98 Å². The van der Waals surface area contributed by atoms with Gasteiger partial charge in [0, 0.05) is 11.1 Å². The highest BCUT2D eigenvalue weighted by molar-refractivity contribution is 5.75. The molecule has 0 bridgehead atoms. The lowest BCUT2D eigenvalue weighted by Gasteiger charge is -2.02.